The third kappa shape index (κ3) is 7.16. The van der Waals surface area contributed by atoms with E-state index in [0.29, 0.717) is 6.10 Å². The fraction of sp³-hybridized carbons (Fsp3) is 1.00. The van der Waals surface area contributed by atoms with Crippen molar-refractivity contribution in [3.8, 4) is 0 Å². The fourth-order valence-electron chi connectivity index (χ4n) is 1.05. The van der Waals surface area contributed by atoms with Gasteiger partial charge >= 0.3 is 79.1 Å². The first-order valence-corrected chi connectivity index (χ1v) is 11.3. The Hall–Kier alpha value is 0.790. The SMILES string of the molecule is C[CH2][In]([CH3])[O]C(C)CN(C)C. The Bertz CT molecular complexity index is 98.1. The molecule has 1 unspecified atom stereocenters. The molecule has 0 saturated heterocycles. The van der Waals surface area contributed by atoms with Crippen molar-refractivity contribution in [3.63, 3.8) is 0 Å². The van der Waals surface area contributed by atoms with Gasteiger partial charge in [0.25, 0.3) is 0 Å². The zero-order chi connectivity index (χ0) is 8.85. The van der Waals surface area contributed by atoms with Gasteiger partial charge in [0.2, 0.25) is 0 Å². The van der Waals surface area contributed by atoms with Crippen molar-refractivity contribution in [1.29, 1.82) is 0 Å². The van der Waals surface area contributed by atoms with Crippen LogP contribution < -0.4 is 0 Å². The van der Waals surface area contributed by atoms with Gasteiger partial charge in [-0.15, -0.1) is 0 Å². The second-order valence-corrected chi connectivity index (χ2v) is 11.2. The summed E-state index contributed by atoms with van der Waals surface area (Å²) in [7, 11) is 4.18. The van der Waals surface area contributed by atoms with Gasteiger partial charge < -0.3 is 0 Å². The topological polar surface area (TPSA) is 12.5 Å². The van der Waals surface area contributed by atoms with Crippen LogP contribution in [0.3, 0.4) is 0 Å². The van der Waals surface area contributed by atoms with Crippen LogP contribution in [0.5, 0.6) is 0 Å². The van der Waals surface area contributed by atoms with E-state index in [2.05, 4.69) is 37.5 Å². The van der Waals surface area contributed by atoms with Crippen LogP contribution in [0.1, 0.15) is 13.8 Å². The van der Waals surface area contributed by atoms with E-state index in [1.165, 1.54) is 4.18 Å². The molecule has 0 heterocycles. The van der Waals surface area contributed by atoms with Gasteiger partial charge in [0.05, 0.1) is 0 Å². The van der Waals surface area contributed by atoms with Crippen LogP contribution in [0, 0.1) is 0 Å². The van der Waals surface area contributed by atoms with Crippen molar-refractivity contribution < 1.29 is 2.85 Å². The third-order valence-electron chi connectivity index (χ3n) is 1.66. The quantitative estimate of drug-likeness (QED) is 0.745. The summed E-state index contributed by atoms with van der Waals surface area (Å²) in [6.07, 6.45) is 0.441. The van der Waals surface area contributed by atoms with Crippen molar-refractivity contribution >= 4 is 21.9 Å². The molecule has 0 rings (SSSR count). The van der Waals surface area contributed by atoms with E-state index in [1.807, 2.05) is 0 Å². The number of hydrogen-bond donors (Lipinski definition) is 0. The standard InChI is InChI=1S/C5H12NO.C2H5.CH3.In/c1-5(7)4-6(2)3;1-2;;/h5H,4H2,1-3H3;1H2,2H3;1H3;/q-1;;;+1. The van der Waals surface area contributed by atoms with E-state index in [4.69, 9.17) is 2.85 Å². The van der Waals surface area contributed by atoms with Crippen molar-refractivity contribution in [2.24, 2.45) is 0 Å². The van der Waals surface area contributed by atoms with Crippen LogP contribution in [0.15, 0.2) is 0 Å². The summed E-state index contributed by atoms with van der Waals surface area (Å²) in [5.41, 5.74) is 0. The first-order chi connectivity index (χ1) is 5.06. The average molecular weight is 261 g/mol. The molecule has 2 nitrogen and oxygen atoms in total. The molecular weight excluding hydrogens is 241 g/mol. The van der Waals surface area contributed by atoms with Gasteiger partial charge in [-0.3, -0.25) is 0 Å². The van der Waals surface area contributed by atoms with Crippen LogP contribution in [0.2, 0.25) is 8.86 Å². The molecule has 0 spiro atoms. The zero-order valence-electron chi connectivity index (χ0n) is 8.42. The predicted octanol–water partition coefficient (Wildman–Crippen LogP) is 1.59. The van der Waals surface area contributed by atoms with Crippen LogP contribution in [-0.4, -0.2) is 53.5 Å². The Morgan fingerprint density at radius 2 is 2.00 bits per heavy atom. The maximum atomic E-state index is 5.88. The molecule has 0 aromatic rings. The summed E-state index contributed by atoms with van der Waals surface area (Å²) in [6, 6.07) is 0. The molecule has 0 aliphatic rings. The summed E-state index contributed by atoms with van der Waals surface area (Å²) in [6.45, 7) is 5.47. The summed E-state index contributed by atoms with van der Waals surface area (Å²) in [4.78, 5) is 2.18. The Morgan fingerprint density at radius 3 is 2.36 bits per heavy atom. The summed E-state index contributed by atoms with van der Waals surface area (Å²) < 4.78 is 9.51. The van der Waals surface area contributed by atoms with E-state index < -0.39 is 21.9 Å². The van der Waals surface area contributed by atoms with Gasteiger partial charge in [0.1, 0.15) is 0 Å². The minimum absolute atomic E-state index is 0.441. The van der Waals surface area contributed by atoms with Gasteiger partial charge in [0, 0.05) is 0 Å². The average Bonchev–Trinajstić information content (AvgIpc) is 1.85. The van der Waals surface area contributed by atoms with E-state index in [0.717, 1.165) is 6.54 Å². The van der Waals surface area contributed by atoms with Crippen molar-refractivity contribution in [1.82, 2.24) is 4.90 Å². The molecule has 0 bridgehead atoms. The minimum atomic E-state index is -1.45. The normalized spacial score (nSPS) is 13.6. The third-order valence-corrected chi connectivity index (χ3v) is 7.60. The van der Waals surface area contributed by atoms with Gasteiger partial charge in [0.15, 0.2) is 0 Å². The molecule has 1 atom stereocenters. The number of nitrogens with zero attached hydrogens (tertiary/aromatic N) is 1. The second kappa shape index (κ2) is 6.32. The van der Waals surface area contributed by atoms with Crippen molar-refractivity contribution in [2.75, 3.05) is 20.6 Å². The van der Waals surface area contributed by atoms with Crippen LogP contribution >= 0.6 is 0 Å². The van der Waals surface area contributed by atoms with Gasteiger partial charge in [-0.05, 0) is 0 Å². The number of hydrogen-bond acceptors (Lipinski definition) is 2. The van der Waals surface area contributed by atoms with E-state index in [-0.39, 0.29) is 0 Å². The maximum absolute atomic E-state index is 5.88. The molecule has 0 N–H and O–H groups in total. The first-order valence-electron chi connectivity index (χ1n) is 4.36. The molecule has 66 valence electrons. The van der Waals surface area contributed by atoms with Crippen LogP contribution in [0.25, 0.3) is 0 Å². The summed E-state index contributed by atoms with van der Waals surface area (Å²) >= 11 is -1.45. The van der Waals surface area contributed by atoms with Crippen molar-refractivity contribution in [3.05, 3.63) is 0 Å². The van der Waals surface area contributed by atoms with Crippen LogP contribution in [0.4, 0.5) is 0 Å². The Labute approximate surface area is 79.1 Å². The first kappa shape index (κ1) is 11.8. The predicted molar refractivity (Wildman–Crippen MR) is 51.2 cm³/mol. The van der Waals surface area contributed by atoms with Gasteiger partial charge in [-0.1, -0.05) is 0 Å². The van der Waals surface area contributed by atoms with Gasteiger partial charge in [-0.25, -0.2) is 0 Å². The van der Waals surface area contributed by atoms with Crippen molar-refractivity contribution in [2.45, 2.75) is 28.8 Å². The molecule has 0 aromatic carbocycles. The van der Waals surface area contributed by atoms with Gasteiger partial charge in [-0.2, -0.15) is 0 Å². The molecule has 0 amide bonds. The molecule has 0 aliphatic carbocycles. The Kier molecular flexibility index (Phi) is 6.78. The summed E-state index contributed by atoms with van der Waals surface area (Å²) in [5.74, 6) is 0. The molecule has 3 heteroatoms. The molecule has 0 saturated carbocycles. The Balaban J connectivity index is 3.43. The van der Waals surface area contributed by atoms with E-state index in [1.54, 1.807) is 0 Å². The molecule has 0 aliphatic heterocycles. The zero-order valence-corrected chi connectivity index (χ0v) is 11.7. The van der Waals surface area contributed by atoms with Crippen LogP contribution in [-0.2, 0) is 2.85 Å². The van der Waals surface area contributed by atoms with E-state index in [9.17, 15) is 0 Å². The molecular formula is C8H20InNO. The molecule has 0 aromatic heterocycles. The number of rotatable bonds is 5. The fourth-order valence-corrected chi connectivity index (χ4v) is 4.11. The summed E-state index contributed by atoms with van der Waals surface area (Å²) in [5, 5.41) is 0. The number of likely N-dealkylation sites (N-methyl/N-ethyl adjacent to an activating group) is 1. The molecule has 11 heavy (non-hydrogen) atoms. The Morgan fingerprint density at radius 1 is 1.45 bits per heavy atom. The molecule has 0 fully saturated rings. The van der Waals surface area contributed by atoms with E-state index >= 15 is 0 Å². The monoisotopic (exact) mass is 261 g/mol. The second-order valence-electron chi connectivity index (χ2n) is 3.43. The molecule has 0 radical (unpaired) electrons.